The highest BCUT2D eigenvalue weighted by molar-refractivity contribution is 6.24. The molecule has 3 N–H and O–H groups in total. The van der Waals surface area contributed by atoms with Crippen molar-refractivity contribution in [1.82, 2.24) is 25.8 Å². The van der Waals surface area contributed by atoms with Gasteiger partial charge in [-0.1, -0.05) is 36.4 Å². The summed E-state index contributed by atoms with van der Waals surface area (Å²) in [6, 6.07) is 17.6. The number of hydrogen-bond donors (Lipinski definition) is 3. The molecule has 11 heteroatoms. The van der Waals surface area contributed by atoms with Crippen LogP contribution in [0.5, 0.6) is 0 Å². The topological polar surface area (TPSA) is 151 Å². The average Bonchev–Trinajstić information content (AvgIpc) is 3.58. The number of piperidine rings is 1. The SMILES string of the molecule is O=C(CCc1cccc2c1C(=O)N(C1CCC(=O)NC1=O)C2=O)NCCCCNC(c1cccnc1)c1cc2ccccc2o1. The van der Waals surface area contributed by atoms with E-state index in [2.05, 4.69) is 20.9 Å². The van der Waals surface area contributed by atoms with Gasteiger partial charge < -0.3 is 15.1 Å². The summed E-state index contributed by atoms with van der Waals surface area (Å²) in [4.78, 5) is 68.1. The zero-order chi connectivity index (χ0) is 31.3. The van der Waals surface area contributed by atoms with Crippen molar-refractivity contribution in [2.24, 2.45) is 0 Å². The Bertz CT molecular complexity index is 1730. The van der Waals surface area contributed by atoms with Gasteiger partial charge in [0.05, 0.1) is 17.2 Å². The number of amides is 5. The molecule has 0 saturated carbocycles. The Labute approximate surface area is 259 Å². The second kappa shape index (κ2) is 13.2. The standard InChI is InChI=1S/C34H33N5O6/c40-28(14-12-21-8-5-10-24-30(21)34(44)39(33(24)43)25-13-15-29(41)38-32(25)42)36-17-3-4-18-37-31(23-9-6-16-35-20-23)27-19-22-7-1-2-11-26(22)45-27/h1-2,5-11,16,19-20,25,31,37H,3-4,12-15,17-18H2,(H,36,40)(H,38,41,42). The number of aromatic nitrogens is 1. The Morgan fingerprint density at radius 3 is 2.64 bits per heavy atom. The maximum absolute atomic E-state index is 13.3. The van der Waals surface area contributed by atoms with Crippen molar-refractivity contribution in [3.05, 3.63) is 101 Å². The van der Waals surface area contributed by atoms with Crippen molar-refractivity contribution in [3.8, 4) is 0 Å². The van der Waals surface area contributed by atoms with Gasteiger partial charge in [-0.2, -0.15) is 0 Å². The predicted octanol–water partition coefficient (Wildman–Crippen LogP) is 3.44. The van der Waals surface area contributed by atoms with Crippen molar-refractivity contribution in [2.75, 3.05) is 13.1 Å². The van der Waals surface area contributed by atoms with E-state index in [1.807, 2.05) is 48.7 Å². The first-order valence-corrected chi connectivity index (χ1v) is 15.1. The fraction of sp³-hybridized carbons (Fsp3) is 0.294. The molecule has 2 aliphatic rings. The molecule has 5 amide bonds. The number of benzene rings is 2. The van der Waals surface area contributed by atoms with E-state index in [1.54, 1.807) is 24.4 Å². The van der Waals surface area contributed by atoms with Crippen LogP contribution in [0.2, 0.25) is 0 Å². The van der Waals surface area contributed by atoms with Gasteiger partial charge in [-0.05, 0) is 67.6 Å². The second-order valence-electron chi connectivity index (χ2n) is 11.2. The number of hydrogen-bond acceptors (Lipinski definition) is 8. The zero-order valence-electron chi connectivity index (χ0n) is 24.6. The minimum Gasteiger partial charge on any atom is -0.459 e. The highest BCUT2D eigenvalue weighted by atomic mass is 16.3. The van der Waals surface area contributed by atoms with Gasteiger partial charge in [-0.25, -0.2) is 0 Å². The number of aryl methyl sites for hydroxylation is 1. The molecule has 230 valence electrons. The lowest BCUT2D eigenvalue weighted by molar-refractivity contribution is -0.136. The Hall–Kier alpha value is -5.16. The van der Waals surface area contributed by atoms with Crippen LogP contribution in [0.3, 0.4) is 0 Å². The normalized spacial score (nSPS) is 17.0. The number of unbranched alkanes of at least 4 members (excludes halogenated alkanes) is 1. The minimum atomic E-state index is -1.03. The smallest absolute Gasteiger partial charge is 0.262 e. The molecular weight excluding hydrogens is 574 g/mol. The van der Waals surface area contributed by atoms with E-state index in [1.165, 1.54) is 0 Å². The summed E-state index contributed by atoms with van der Waals surface area (Å²) in [6.07, 6.45) is 5.69. The molecule has 0 aliphatic carbocycles. The quantitative estimate of drug-likeness (QED) is 0.164. The third-order valence-corrected chi connectivity index (χ3v) is 8.20. The molecule has 0 bridgehead atoms. The van der Waals surface area contributed by atoms with E-state index in [9.17, 15) is 24.0 Å². The largest absolute Gasteiger partial charge is 0.459 e. The van der Waals surface area contributed by atoms with Crippen LogP contribution in [-0.2, 0) is 20.8 Å². The molecule has 2 aliphatic heterocycles. The van der Waals surface area contributed by atoms with E-state index in [0.717, 1.165) is 40.0 Å². The van der Waals surface area contributed by atoms with E-state index in [0.29, 0.717) is 18.7 Å². The Balaban J connectivity index is 0.982. The van der Waals surface area contributed by atoms with Gasteiger partial charge in [-0.15, -0.1) is 0 Å². The molecule has 2 unspecified atom stereocenters. The molecule has 4 heterocycles. The summed E-state index contributed by atoms with van der Waals surface area (Å²) in [7, 11) is 0. The van der Waals surface area contributed by atoms with Crippen LogP contribution in [0, 0.1) is 0 Å². The number of rotatable bonds is 12. The Morgan fingerprint density at radius 1 is 1.00 bits per heavy atom. The molecule has 11 nitrogen and oxygen atoms in total. The van der Waals surface area contributed by atoms with Crippen molar-refractivity contribution in [2.45, 2.75) is 50.6 Å². The second-order valence-corrected chi connectivity index (χ2v) is 11.2. The fourth-order valence-electron chi connectivity index (χ4n) is 5.93. The van der Waals surface area contributed by atoms with Crippen molar-refractivity contribution >= 4 is 40.5 Å². The molecule has 1 fully saturated rings. The number of carbonyl (C=O) groups excluding carboxylic acids is 5. The number of pyridine rings is 1. The van der Waals surface area contributed by atoms with Gasteiger partial charge in [0.2, 0.25) is 17.7 Å². The van der Waals surface area contributed by atoms with Crippen LogP contribution in [0.25, 0.3) is 11.0 Å². The van der Waals surface area contributed by atoms with Gasteiger partial charge in [0.15, 0.2) is 0 Å². The first-order valence-electron chi connectivity index (χ1n) is 15.1. The molecule has 2 aromatic carbocycles. The monoisotopic (exact) mass is 607 g/mol. The maximum atomic E-state index is 13.3. The first kappa shape index (κ1) is 29.9. The number of para-hydroxylation sites is 1. The first-order chi connectivity index (χ1) is 21.9. The van der Waals surface area contributed by atoms with Gasteiger partial charge in [0.25, 0.3) is 11.8 Å². The molecule has 1 saturated heterocycles. The summed E-state index contributed by atoms with van der Waals surface area (Å²) in [5.74, 6) is -1.55. The van der Waals surface area contributed by atoms with Gasteiger partial charge in [0, 0.05) is 37.2 Å². The van der Waals surface area contributed by atoms with Crippen LogP contribution in [0.4, 0.5) is 0 Å². The van der Waals surface area contributed by atoms with Crippen molar-refractivity contribution < 1.29 is 28.4 Å². The van der Waals surface area contributed by atoms with Crippen molar-refractivity contribution in [3.63, 3.8) is 0 Å². The van der Waals surface area contributed by atoms with E-state index < -0.39 is 29.7 Å². The number of nitrogens with one attached hydrogen (secondary N) is 3. The summed E-state index contributed by atoms with van der Waals surface area (Å²) in [5, 5.41) is 9.73. The molecule has 2 atom stereocenters. The van der Waals surface area contributed by atoms with E-state index in [-0.39, 0.29) is 48.8 Å². The van der Waals surface area contributed by atoms with Crippen LogP contribution in [-0.4, -0.2) is 58.6 Å². The van der Waals surface area contributed by atoms with Gasteiger partial charge >= 0.3 is 0 Å². The van der Waals surface area contributed by atoms with Crippen LogP contribution < -0.4 is 16.0 Å². The molecule has 0 radical (unpaired) electrons. The molecule has 6 rings (SSSR count). The highest BCUT2D eigenvalue weighted by Crippen LogP contribution is 2.31. The van der Waals surface area contributed by atoms with E-state index in [4.69, 9.17) is 4.42 Å². The summed E-state index contributed by atoms with van der Waals surface area (Å²) in [5.41, 5.74) is 2.83. The average molecular weight is 608 g/mol. The third-order valence-electron chi connectivity index (χ3n) is 8.20. The molecule has 2 aromatic heterocycles. The Morgan fingerprint density at radius 2 is 1.84 bits per heavy atom. The minimum absolute atomic E-state index is 0.0548. The zero-order valence-corrected chi connectivity index (χ0v) is 24.6. The van der Waals surface area contributed by atoms with Gasteiger partial charge in [0.1, 0.15) is 17.4 Å². The van der Waals surface area contributed by atoms with Crippen molar-refractivity contribution in [1.29, 1.82) is 0 Å². The predicted molar refractivity (Wildman–Crippen MR) is 164 cm³/mol. The number of nitrogens with zero attached hydrogens (tertiary/aromatic N) is 2. The number of furan rings is 1. The fourth-order valence-corrected chi connectivity index (χ4v) is 5.93. The van der Waals surface area contributed by atoms with Gasteiger partial charge in [-0.3, -0.25) is 39.2 Å². The number of fused-ring (bicyclic) bond motifs is 2. The summed E-state index contributed by atoms with van der Waals surface area (Å²) < 4.78 is 6.12. The summed E-state index contributed by atoms with van der Waals surface area (Å²) in [6.45, 7) is 1.19. The molecular formula is C34H33N5O6. The Kier molecular flexibility index (Phi) is 8.79. The number of imide groups is 2. The lowest BCUT2D eigenvalue weighted by atomic mass is 9.99. The van der Waals surface area contributed by atoms with Crippen LogP contribution >= 0.6 is 0 Å². The lowest BCUT2D eigenvalue weighted by Gasteiger charge is -2.27. The van der Waals surface area contributed by atoms with Crippen LogP contribution in [0.1, 0.15) is 75.7 Å². The lowest BCUT2D eigenvalue weighted by Crippen LogP contribution is -2.54. The molecule has 0 spiro atoms. The molecule has 4 aromatic rings. The highest BCUT2D eigenvalue weighted by Gasteiger charge is 2.45. The van der Waals surface area contributed by atoms with E-state index >= 15 is 0 Å². The third kappa shape index (κ3) is 6.39. The molecule has 45 heavy (non-hydrogen) atoms. The maximum Gasteiger partial charge on any atom is 0.262 e. The van der Waals surface area contributed by atoms with Crippen LogP contribution in [0.15, 0.2) is 77.5 Å². The summed E-state index contributed by atoms with van der Waals surface area (Å²) >= 11 is 0. The number of carbonyl (C=O) groups is 5.